The van der Waals surface area contributed by atoms with E-state index in [1.807, 2.05) is 12.1 Å². The third-order valence-corrected chi connectivity index (χ3v) is 2.80. The standard InChI is InChI=1S/C14H16N4O2/c1-9-13(8-16-18-9)14(20)15-7-11-3-5-12(6-4-11)17-10(2)19/h3-6,8H,7H2,1-2H3,(H,15,20)(H,16,18)(H,17,19). The monoisotopic (exact) mass is 272 g/mol. The highest BCUT2D eigenvalue weighted by atomic mass is 16.2. The van der Waals surface area contributed by atoms with Gasteiger partial charge in [-0.3, -0.25) is 14.7 Å². The van der Waals surface area contributed by atoms with Crippen LogP contribution in [0.2, 0.25) is 0 Å². The number of carbonyl (C=O) groups is 2. The maximum atomic E-state index is 11.9. The molecule has 2 amide bonds. The molecule has 0 fully saturated rings. The molecule has 0 unspecified atom stereocenters. The van der Waals surface area contributed by atoms with Crippen LogP contribution in [0.15, 0.2) is 30.5 Å². The Bertz CT molecular complexity index is 616. The molecule has 0 atom stereocenters. The second-order valence-electron chi connectivity index (χ2n) is 4.47. The summed E-state index contributed by atoms with van der Waals surface area (Å²) >= 11 is 0. The van der Waals surface area contributed by atoms with Crippen molar-refractivity contribution in [1.82, 2.24) is 15.5 Å². The summed E-state index contributed by atoms with van der Waals surface area (Å²) in [5.74, 6) is -0.274. The molecule has 0 aliphatic rings. The van der Waals surface area contributed by atoms with Gasteiger partial charge in [-0.25, -0.2) is 0 Å². The third kappa shape index (κ3) is 3.44. The molecule has 0 aliphatic heterocycles. The quantitative estimate of drug-likeness (QED) is 0.790. The minimum absolute atomic E-state index is 0.110. The lowest BCUT2D eigenvalue weighted by Crippen LogP contribution is -2.23. The zero-order valence-corrected chi connectivity index (χ0v) is 11.4. The predicted molar refractivity (Wildman–Crippen MR) is 75.2 cm³/mol. The molecule has 1 aromatic heterocycles. The Hall–Kier alpha value is -2.63. The van der Waals surface area contributed by atoms with Gasteiger partial charge in [-0.15, -0.1) is 0 Å². The van der Waals surface area contributed by atoms with Crippen LogP contribution in [0.4, 0.5) is 5.69 Å². The first-order chi connectivity index (χ1) is 9.56. The molecule has 2 aromatic rings. The van der Waals surface area contributed by atoms with Crippen LogP contribution < -0.4 is 10.6 Å². The van der Waals surface area contributed by atoms with Crippen molar-refractivity contribution in [3.63, 3.8) is 0 Å². The fourth-order valence-corrected chi connectivity index (χ4v) is 1.77. The minimum atomic E-state index is -0.165. The van der Waals surface area contributed by atoms with Crippen LogP contribution in [0.5, 0.6) is 0 Å². The fraction of sp³-hybridized carbons (Fsp3) is 0.214. The summed E-state index contributed by atoms with van der Waals surface area (Å²) in [6.45, 7) is 3.68. The number of aromatic nitrogens is 2. The van der Waals surface area contributed by atoms with Crippen molar-refractivity contribution >= 4 is 17.5 Å². The van der Waals surface area contributed by atoms with Gasteiger partial charge in [0.15, 0.2) is 0 Å². The average Bonchev–Trinajstić information content (AvgIpc) is 2.83. The number of carbonyl (C=O) groups excluding carboxylic acids is 2. The molecule has 3 N–H and O–H groups in total. The number of amides is 2. The topological polar surface area (TPSA) is 86.9 Å². The number of hydrogen-bond donors (Lipinski definition) is 3. The van der Waals surface area contributed by atoms with E-state index in [0.29, 0.717) is 12.1 Å². The Balaban J connectivity index is 1.93. The van der Waals surface area contributed by atoms with E-state index in [2.05, 4.69) is 20.8 Å². The summed E-state index contributed by atoms with van der Waals surface area (Å²) in [6.07, 6.45) is 1.50. The van der Waals surface area contributed by atoms with Crippen molar-refractivity contribution in [2.75, 3.05) is 5.32 Å². The Kier molecular flexibility index (Phi) is 4.14. The average molecular weight is 272 g/mol. The molecule has 6 nitrogen and oxygen atoms in total. The number of nitrogens with one attached hydrogen (secondary N) is 3. The number of nitrogens with zero attached hydrogens (tertiary/aromatic N) is 1. The van der Waals surface area contributed by atoms with Crippen LogP contribution in [0.25, 0.3) is 0 Å². The largest absolute Gasteiger partial charge is 0.348 e. The van der Waals surface area contributed by atoms with Crippen LogP contribution in [0.1, 0.15) is 28.5 Å². The van der Waals surface area contributed by atoms with Crippen LogP contribution in [0.3, 0.4) is 0 Å². The van der Waals surface area contributed by atoms with Crippen LogP contribution in [0, 0.1) is 6.92 Å². The summed E-state index contributed by atoms with van der Waals surface area (Å²) in [5.41, 5.74) is 2.97. The Morgan fingerprint density at radius 1 is 1.25 bits per heavy atom. The molecule has 6 heteroatoms. The molecule has 1 aromatic carbocycles. The molecule has 1 heterocycles. The molecule has 0 saturated carbocycles. The highest BCUT2D eigenvalue weighted by Gasteiger charge is 2.09. The highest BCUT2D eigenvalue weighted by Crippen LogP contribution is 2.10. The number of rotatable bonds is 4. The molecule has 0 radical (unpaired) electrons. The van der Waals surface area contributed by atoms with Crippen molar-refractivity contribution < 1.29 is 9.59 Å². The number of benzene rings is 1. The van der Waals surface area contributed by atoms with Gasteiger partial charge in [0.25, 0.3) is 5.91 Å². The van der Waals surface area contributed by atoms with E-state index in [1.165, 1.54) is 13.1 Å². The Morgan fingerprint density at radius 3 is 2.50 bits per heavy atom. The number of anilines is 1. The van der Waals surface area contributed by atoms with Gasteiger partial charge in [-0.2, -0.15) is 5.10 Å². The SMILES string of the molecule is CC(=O)Nc1ccc(CNC(=O)c2cn[nH]c2C)cc1. The van der Waals surface area contributed by atoms with Gasteiger partial charge in [-0.05, 0) is 24.6 Å². The number of H-pyrrole nitrogens is 1. The first kappa shape index (κ1) is 13.8. The number of hydrogen-bond acceptors (Lipinski definition) is 3. The van der Waals surface area contributed by atoms with Crippen LogP contribution in [-0.2, 0) is 11.3 Å². The van der Waals surface area contributed by atoms with E-state index in [-0.39, 0.29) is 11.8 Å². The minimum Gasteiger partial charge on any atom is -0.348 e. The van der Waals surface area contributed by atoms with E-state index >= 15 is 0 Å². The van der Waals surface area contributed by atoms with Gasteiger partial charge in [0, 0.05) is 24.8 Å². The van der Waals surface area contributed by atoms with Crippen molar-refractivity contribution in [1.29, 1.82) is 0 Å². The van der Waals surface area contributed by atoms with Gasteiger partial charge >= 0.3 is 0 Å². The van der Waals surface area contributed by atoms with E-state index in [9.17, 15) is 9.59 Å². The fourth-order valence-electron chi connectivity index (χ4n) is 1.77. The molecule has 2 rings (SSSR count). The van der Waals surface area contributed by atoms with E-state index in [1.54, 1.807) is 19.1 Å². The summed E-state index contributed by atoms with van der Waals surface area (Å²) < 4.78 is 0. The molecular formula is C14H16N4O2. The first-order valence-electron chi connectivity index (χ1n) is 6.21. The zero-order valence-electron chi connectivity index (χ0n) is 11.4. The lowest BCUT2D eigenvalue weighted by molar-refractivity contribution is -0.114. The second kappa shape index (κ2) is 6.01. The smallest absolute Gasteiger partial charge is 0.255 e. The molecule has 20 heavy (non-hydrogen) atoms. The normalized spacial score (nSPS) is 10.1. The highest BCUT2D eigenvalue weighted by molar-refractivity contribution is 5.94. The van der Waals surface area contributed by atoms with Gasteiger partial charge in [0.05, 0.1) is 11.8 Å². The van der Waals surface area contributed by atoms with Crippen molar-refractivity contribution in [3.8, 4) is 0 Å². The maximum absolute atomic E-state index is 11.9. The third-order valence-electron chi connectivity index (χ3n) is 2.80. The lowest BCUT2D eigenvalue weighted by atomic mass is 10.2. The number of aryl methyl sites for hydroxylation is 1. The van der Waals surface area contributed by atoms with Gasteiger partial charge in [0.2, 0.25) is 5.91 Å². The lowest BCUT2D eigenvalue weighted by Gasteiger charge is -2.06. The summed E-state index contributed by atoms with van der Waals surface area (Å²) in [5, 5.41) is 12.0. The van der Waals surface area contributed by atoms with Crippen molar-refractivity contribution in [3.05, 3.63) is 47.3 Å². The van der Waals surface area contributed by atoms with Gasteiger partial charge in [-0.1, -0.05) is 12.1 Å². The van der Waals surface area contributed by atoms with Crippen molar-refractivity contribution in [2.45, 2.75) is 20.4 Å². The Labute approximate surface area is 116 Å². The van der Waals surface area contributed by atoms with Gasteiger partial charge in [0.1, 0.15) is 0 Å². The van der Waals surface area contributed by atoms with Crippen LogP contribution in [-0.4, -0.2) is 22.0 Å². The Morgan fingerprint density at radius 2 is 1.95 bits per heavy atom. The molecular weight excluding hydrogens is 256 g/mol. The summed E-state index contributed by atoms with van der Waals surface area (Å²) in [4.78, 5) is 22.8. The zero-order chi connectivity index (χ0) is 14.5. The maximum Gasteiger partial charge on any atom is 0.255 e. The molecule has 104 valence electrons. The van der Waals surface area contributed by atoms with E-state index < -0.39 is 0 Å². The van der Waals surface area contributed by atoms with Gasteiger partial charge < -0.3 is 10.6 Å². The van der Waals surface area contributed by atoms with Crippen molar-refractivity contribution in [2.24, 2.45) is 0 Å². The van der Waals surface area contributed by atoms with Crippen LogP contribution >= 0.6 is 0 Å². The summed E-state index contributed by atoms with van der Waals surface area (Å²) in [7, 11) is 0. The number of aromatic amines is 1. The molecule has 0 bridgehead atoms. The molecule has 0 saturated heterocycles. The molecule has 0 spiro atoms. The predicted octanol–water partition coefficient (Wildman–Crippen LogP) is 1.61. The summed E-state index contributed by atoms with van der Waals surface area (Å²) in [6, 6.07) is 7.31. The van der Waals surface area contributed by atoms with E-state index in [4.69, 9.17) is 0 Å². The molecule has 0 aliphatic carbocycles. The van der Waals surface area contributed by atoms with E-state index in [0.717, 1.165) is 16.9 Å². The second-order valence-corrected chi connectivity index (χ2v) is 4.47. The first-order valence-corrected chi connectivity index (χ1v) is 6.21.